The van der Waals surface area contributed by atoms with Gasteiger partial charge >= 0.3 is 0 Å². The molecule has 1 aliphatic rings. The van der Waals surface area contributed by atoms with Crippen LogP contribution in [0, 0.1) is 0 Å². The van der Waals surface area contributed by atoms with E-state index in [1.165, 1.54) is 0 Å². The molecule has 32 heavy (non-hydrogen) atoms. The number of carbonyl (C=O) groups is 1. The smallest absolute Gasteiger partial charge is 0.244 e. The summed E-state index contributed by atoms with van der Waals surface area (Å²) in [4.78, 5) is 21.7. The van der Waals surface area contributed by atoms with Crippen molar-refractivity contribution < 1.29 is 9.32 Å². The van der Waals surface area contributed by atoms with Gasteiger partial charge in [-0.3, -0.25) is 9.69 Å². The highest BCUT2D eigenvalue weighted by molar-refractivity contribution is 5.76. The Hall–Kier alpha value is -3.03. The van der Waals surface area contributed by atoms with Crippen LogP contribution in [0.3, 0.4) is 0 Å². The second kappa shape index (κ2) is 10.5. The zero-order valence-electron chi connectivity index (χ0n) is 18.8. The maximum atomic E-state index is 12.4. The molecule has 0 radical (unpaired) electrons. The lowest BCUT2D eigenvalue weighted by Gasteiger charge is -2.36. The fourth-order valence-corrected chi connectivity index (χ4v) is 4.04. The lowest BCUT2D eigenvalue weighted by molar-refractivity contribution is -0.122. The maximum Gasteiger partial charge on any atom is 0.244 e. The molecule has 0 saturated carbocycles. The van der Waals surface area contributed by atoms with E-state index in [-0.39, 0.29) is 18.0 Å². The van der Waals surface area contributed by atoms with Crippen molar-refractivity contribution in [3.8, 4) is 11.4 Å². The first-order chi connectivity index (χ1) is 15.6. The number of piperazine rings is 1. The molecule has 1 N–H and O–H groups in total. The summed E-state index contributed by atoms with van der Waals surface area (Å²) in [6.07, 6.45) is 0.511. The molecule has 4 rings (SSSR count). The summed E-state index contributed by atoms with van der Waals surface area (Å²) in [7, 11) is 0. The van der Waals surface area contributed by atoms with Crippen molar-refractivity contribution in [3.05, 3.63) is 72.1 Å². The first-order valence-electron chi connectivity index (χ1n) is 11.3. The Balaban J connectivity index is 1.21. The molecule has 1 amide bonds. The van der Waals surface area contributed by atoms with Crippen LogP contribution in [0.25, 0.3) is 11.4 Å². The molecule has 0 aliphatic carbocycles. The molecule has 168 valence electrons. The van der Waals surface area contributed by atoms with Crippen molar-refractivity contribution in [1.82, 2.24) is 25.3 Å². The number of rotatable bonds is 8. The minimum atomic E-state index is 0.0246. The normalized spacial score (nSPS) is 17.1. The second-order valence-corrected chi connectivity index (χ2v) is 8.33. The van der Waals surface area contributed by atoms with Crippen LogP contribution >= 0.6 is 0 Å². The number of aromatic nitrogens is 2. The Morgan fingerprint density at radius 2 is 1.66 bits per heavy atom. The van der Waals surface area contributed by atoms with Crippen LogP contribution in [0.4, 0.5) is 0 Å². The third-order valence-corrected chi connectivity index (χ3v) is 6.12. The van der Waals surface area contributed by atoms with Gasteiger partial charge in [-0.2, -0.15) is 4.98 Å². The SMILES string of the molecule is CC(NC(=O)CCN1CCN(C(C)c2nc(-c3ccccc3)no2)CC1)c1ccccc1. The predicted molar refractivity (Wildman–Crippen MR) is 124 cm³/mol. The highest BCUT2D eigenvalue weighted by atomic mass is 16.5. The second-order valence-electron chi connectivity index (χ2n) is 8.33. The molecule has 1 aromatic heterocycles. The topological polar surface area (TPSA) is 74.5 Å². The Labute approximate surface area is 189 Å². The van der Waals surface area contributed by atoms with Crippen LogP contribution in [0.5, 0.6) is 0 Å². The lowest BCUT2D eigenvalue weighted by atomic mass is 10.1. The van der Waals surface area contributed by atoms with Crippen molar-refractivity contribution >= 4 is 5.91 Å². The third-order valence-electron chi connectivity index (χ3n) is 6.12. The van der Waals surface area contributed by atoms with Crippen LogP contribution in [-0.4, -0.2) is 58.6 Å². The highest BCUT2D eigenvalue weighted by Gasteiger charge is 2.26. The minimum Gasteiger partial charge on any atom is -0.350 e. The summed E-state index contributed by atoms with van der Waals surface area (Å²) in [5, 5.41) is 7.24. The van der Waals surface area contributed by atoms with Gasteiger partial charge in [0, 0.05) is 44.7 Å². The maximum absolute atomic E-state index is 12.4. The summed E-state index contributed by atoms with van der Waals surface area (Å²) in [5.41, 5.74) is 2.08. The van der Waals surface area contributed by atoms with Gasteiger partial charge in [-0.15, -0.1) is 0 Å². The number of hydrogen-bond acceptors (Lipinski definition) is 6. The number of amides is 1. The van der Waals surface area contributed by atoms with E-state index in [0.29, 0.717) is 18.1 Å². The van der Waals surface area contributed by atoms with E-state index in [2.05, 4.69) is 32.2 Å². The Morgan fingerprint density at radius 1 is 1.00 bits per heavy atom. The molecule has 2 atom stereocenters. The van der Waals surface area contributed by atoms with E-state index in [4.69, 9.17) is 4.52 Å². The summed E-state index contributed by atoms with van der Waals surface area (Å²) in [5.74, 6) is 1.37. The van der Waals surface area contributed by atoms with E-state index in [0.717, 1.165) is 43.9 Å². The van der Waals surface area contributed by atoms with Gasteiger partial charge in [0.2, 0.25) is 17.6 Å². The molecule has 0 bridgehead atoms. The van der Waals surface area contributed by atoms with Crippen molar-refractivity contribution in [2.75, 3.05) is 32.7 Å². The molecule has 1 fully saturated rings. The van der Waals surface area contributed by atoms with Gasteiger partial charge in [0.25, 0.3) is 0 Å². The van der Waals surface area contributed by atoms with Crippen LogP contribution in [0.2, 0.25) is 0 Å². The largest absolute Gasteiger partial charge is 0.350 e. The van der Waals surface area contributed by atoms with Crippen LogP contribution in [0.15, 0.2) is 65.2 Å². The standard InChI is InChI=1S/C25H31N5O2/c1-19(21-9-5-3-6-10-21)26-23(31)13-14-29-15-17-30(18-16-29)20(2)25-27-24(28-32-25)22-11-7-4-8-12-22/h3-12,19-20H,13-18H2,1-2H3,(H,26,31). The van der Waals surface area contributed by atoms with Crippen LogP contribution in [-0.2, 0) is 4.79 Å². The molecule has 7 heteroatoms. The zero-order valence-corrected chi connectivity index (χ0v) is 18.8. The van der Waals surface area contributed by atoms with Crippen LogP contribution < -0.4 is 5.32 Å². The van der Waals surface area contributed by atoms with E-state index in [9.17, 15) is 4.79 Å². The number of carbonyl (C=O) groups excluding carboxylic acids is 1. The molecule has 7 nitrogen and oxygen atoms in total. The Morgan fingerprint density at radius 3 is 2.34 bits per heavy atom. The first-order valence-corrected chi connectivity index (χ1v) is 11.3. The van der Waals surface area contributed by atoms with Gasteiger partial charge in [-0.05, 0) is 19.4 Å². The van der Waals surface area contributed by atoms with E-state index in [1.807, 2.05) is 67.6 Å². The summed E-state index contributed by atoms with van der Waals surface area (Å²) >= 11 is 0. The quantitative estimate of drug-likeness (QED) is 0.584. The molecule has 2 aromatic carbocycles. The summed E-state index contributed by atoms with van der Waals surface area (Å²) in [6.45, 7) is 8.56. The average molecular weight is 434 g/mol. The highest BCUT2D eigenvalue weighted by Crippen LogP contribution is 2.23. The number of nitrogens with one attached hydrogen (secondary N) is 1. The van der Waals surface area contributed by atoms with E-state index >= 15 is 0 Å². The first kappa shape index (κ1) is 22.2. The average Bonchev–Trinajstić information content (AvgIpc) is 3.34. The van der Waals surface area contributed by atoms with E-state index in [1.54, 1.807) is 0 Å². The third kappa shape index (κ3) is 5.60. The fraction of sp³-hybridized carbons (Fsp3) is 0.400. The predicted octanol–water partition coefficient (Wildman–Crippen LogP) is 3.68. The molecule has 1 aliphatic heterocycles. The number of hydrogen-bond donors (Lipinski definition) is 1. The Bertz CT molecular complexity index is 984. The van der Waals surface area contributed by atoms with Crippen molar-refractivity contribution in [1.29, 1.82) is 0 Å². The molecular formula is C25H31N5O2. The lowest BCUT2D eigenvalue weighted by Crippen LogP contribution is -2.48. The Kier molecular flexibility index (Phi) is 7.29. The van der Waals surface area contributed by atoms with Gasteiger partial charge in [-0.25, -0.2) is 0 Å². The monoisotopic (exact) mass is 433 g/mol. The van der Waals surface area contributed by atoms with Gasteiger partial charge < -0.3 is 14.7 Å². The summed E-state index contributed by atoms with van der Waals surface area (Å²) in [6, 6.07) is 20.0. The zero-order chi connectivity index (χ0) is 22.3. The fourth-order valence-electron chi connectivity index (χ4n) is 4.04. The van der Waals surface area contributed by atoms with Crippen molar-refractivity contribution in [2.45, 2.75) is 32.4 Å². The molecule has 0 spiro atoms. The molecule has 2 unspecified atom stereocenters. The minimum absolute atomic E-state index is 0.0246. The van der Waals surface area contributed by atoms with Gasteiger partial charge in [-0.1, -0.05) is 65.8 Å². The van der Waals surface area contributed by atoms with Gasteiger partial charge in [0.1, 0.15) is 0 Å². The van der Waals surface area contributed by atoms with Crippen molar-refractivity contribution in [2.24, 2.45) is 0 Å². The van der Waals surface area contributed by atoms with Gasteiger partial charge in [0.05, 0.1) is 12.1 Å². The molecule has 1 saturated heterocycles. The van der Waals surface area contributed by atoms with Crippen molar-refractivity contribution in [3.63, 3.8) is 0 Å². The number of nitrogens with zero attached hydrogens (tertiary/aromatic N) is 4. The molecule has 2 heterocycles. The van der Waals surface area contributed by atoms with E-state index < -0.39 is 0 Å². The molecular weight excluding hydrogens is 402 g/mol. The van der Waals surface area contributed by atoms with Gasteiger partial charge in [0.15, 0.2) is 0 Å². The van der Waals surface area contributed by atoms with Crippen LogP contribution in [0.1, 0.15) is 43.8 Å². The molecule has 3 aromatic rings. The number of benzene rings is 2. The summed E-state index contributed by atoms with van der Waals surface area (Å²) < 4.78 is 5.54.